The first kappa shape index (κ1) is 17.0. The van der Waals surface area contributed by atoms with E-state index in [1.54, 1.807) is 24.3 Å². The first-order valence-electron chi connectivity index (χ1n) is 8.25. The minimum atomic E-state index is -0.481. The van der Waals surface area contributed by atoms with Crippen molar-refractivity contribution in [2.24, 2.45) is 5.92 Å². The standard InChI is InChI=1S/C18H27NO3/c1-3-18(21)15-4-6-17(7-5-15)22-13-16(20)12-19-10-8-14(2)9-11-19/h4-7,14,16,20H,3,8-13H2,1-2H3/t16-/m1/s1. The highest BCUT2D eigenvalue weighted by molar-refractivity contribution is 5.95. The van der Waals surface area contributed by atoms with Crippen LogP contribution in [0.1, 0.15) is 43.5 Å². The van der Waals surface area contributed by atoms with Gasteiger partial charge in [0.05, 0.1) is 0 Å². The van der Waals surface area contributed by atoms with Crippen LogP contribution in [0.4, 0.5) is 0 Å². The van der Waals surface area contributed by atoms with Crippen LogP contribution in [-0.4, -0.2) is 48.1 Å². The number of hydrogen-bond donors (Lipinski definition) is 1. The van der Waals surface area contributed by atoms with Gasteiger partial charge in [-0.3, -0.25) is 4.79 Å². The Bertz CT molecular complexity index is 464. The molecule has 4 heteroatoms. The minimum absolute atomic E-state index is 0.130. The average molecular weight is 305 g/mol. The molecule has 1 aromatic carbocycles. The first-order chi connectivity index (χ1) is 10.6. The number of hydrogen-bond acceptors (Lipinski definition) is 4. The van der Waals surface area contributed by atoms with Crippen molar-refractivity contribution in [2.75, 3.05) is 26.2 Å². The molecule has 22 heavy (non-hydrogen) atoms. The number of aliphatic hydroxyl groups excluding tert-OH is 1. The summed E-state index contributed by atoms with van der Waals surface area (Å²) in [6.07, 6.45) is 2.44. The highest BCUT2D eigenvalue weighted by Crippen LogP contribution is 2.17. The van der Waals surface area contributed by atoms with E-state index in [-0.39, 0.29) is 12.4 Å². The number of likely N-dealkylation sites (tertiary alicyclic amines) is 1. The fraction of sp³-hybridized carbons (Fsp3) is 0.611. The smallest absolute Gasteiger partial charge is 0.162 e. The molecule has 0 saturated carbocycles. The second-order valence-electron chi connectivity index (χ2n) is 6.25. The van der Waals surface area contributed by atoms with Gasteiger partial charge in [0.15, 0.2) is 5.78 Å². The molecule has 0 aromatic heterocycles. The predicted molar refractivity (Wildman–Crippen MR) is 87.4 cm³/mol. The number of ether oxygens (including phenoxy) is 1. The Morgan fingerprint density at radius 2 is 1.95 bits per heavy atom. The summed E-state index contributed by atoms with van der Waals surface area (Å²) in [5.41, 5.74) is 0.706. The van der Waals surface area contributed by atoms with E-state index >= 15 is 0 Å². The maximum absolute atomic E-state index is 11.5. The number of nitrogens with zero attached hydrogens (tertiary/aromatic N) is 1. The summed E-state index contributed by atoms with van der Waals surface area (Å²) in [6, 6.07) is 7.13. The summed E-state index contributed by atoms with van der Waals surface area (Å²) >= 11 is 0. The maximum atomic E-state index is 11.5. The summed E-state index contributed by atoms with van der Waals surface area (Å²) in [6.45, 7) is 7.21. The van der Waals surface area contributed by atoms with E-state index < -0.39 is 6.10 Å². The number of carbonyl (C=O) groups is 1. The Morgan fingerprint density at radius 3 is 2.55 bits per heavy atom. The number of rotatable bonds is 7. The predicted octanol–water partition coefficient (Wildman–Crippen LogP) is 2.75. The van der Waals surface area contributed by atoms with Gasteiger partial charge in [0.2, 0.25) is 0 Å². The zero-order valence-corrected chi connectivity index (χ0v) is 13.6. The summed E-state index contributed by atoms with van der Waals surface area (Å²) in [5, 5.41) is 10.1. The Kier molecular flexibility index (Phi) is 6.40. The van der Waals surface area contributed by atoms with Crippen molar-refractivity contribution < 1.29 is 14.6 Å². The van der Waals surface area contributed by atoms with Gasteiger partial charge in [-0.2, -0.15) is 0 Å². The van der Waals surface area contributed by atoms with Crippen LogP contribution < -0.4 is 4.74 Å². The van der Waals surface area contributed by atoms with E-state index in [0.717, 1.165) is 19.0 Å². The fourth-order valence-corrected chi connectivity index (χ4v) is 2.73. The Hall–Kier alpha value is -1.39. The molecule has 0 radical (unpaired) electrons. The molecular weight excluding hydrogens is 278 g/mol. The minimum Gasteiger partial charge on any atom is -0.491 e. The Balaban J connectivity index is 1.74. The first-order valence-corrected chi connectivity index (χ1v) is 8.25. The molecule has 0 aliphatic carbocycles. The highest BCUT2D eigenvalue weighted by atomic mass is 16.5. The lowest BCUT2D eigenvalue weighted by Crippen LogP contribution is -2.40. The number of piperidine rings is 1. The van der Waals surface area contributed by atoms with Gasteiger partial charge >= 0.3 is 0 Å². The molecule has 1 saturated heterocycles. The summed E-state index contributed by atoms with van der Waals surface area (Å²) in [5.74, 6) is 1.62. The molecule has 1 aliphatic heterocycles. The van der Waals surface area contributed by atoms with Crippen LogP contribution in [-0.2, 0) is 0 Å². The zero-order chi connectivity index (χ0) is 15.9. The van der Waals surface area contributed by atoms with Crippen LogP contribution in [0.3, 0.4) is 0 Å². The van der Waals surface area contributed by atoms with Gasteiger partial charge < -0.3 is 14.7 Å². The van der Waals surface area contributed by atoms with E-state index in [2.05, 4.69) is 11.8 Å². The molecule has 4 nitrogen and oxygen atoms in total. The molecule has 1 aromatic rings. The number of carbonyl (C=O) groups excluding carboxylic acids is 1. The lowest BCUT2D eigenvalue weighted by atomic mass is 9.99. The topological polar surface area (TPSA) is 49.8 Å². The molecule has 0 unspecified atom stereocenters. The van der Waals surface area contributed by atoms with Crippen molar-refractivity contribution in [3.05, 3.63) is 29.8 Å². The normalized spacial score (nSPS) is 18.1. The van der Waals surface area contributed by atoms with Crippen LogP contribution in [0, 0.1) is 5.92 Å². The third kappa shape index (κ3) is 5.11. The van der Waals surface area contributed by atoms with Gasteiger partial charge in [0.1, 0.15) is 18.5 Å². The van der Waals surface area contributed by atoms with Crippen LogP contribution in [0.15, 0.2) is 24.3 Å². The van der Waals surface area contributed by atoms with Crippen molar-refractivity contribution >= 4 is 5.78 Å². The van der Waals surface area contributed by atoms with Gasteiger partial charge in [0.25, 0.3) is 0 Å². The molecule has 1 heterocycles. The van der Waals surface area contributed by atoms with Crippen LogP contribution in [0.5, 0.6) is 5.75 Å². The van der Waals surface area contributed by atoms with Gasteiger partial charge in [-0.05, 0) is 56.1 Å². The molecular formula is C18H27NO3. The van der Waals surface area contributed by atoms with E-state index in [0.29, 0.717) is 24.3 Å². The number of β-amino-alcohol motifs (C(OH)–C–C–N with tert-alkyl or cyclic N) is 1. The Morgan fingerprint density at radius 1 is 1.32 bits per heavy atom. The second kappa shape index (κ2) is 8.30. The van der Waals surface area contributed by atoms with E-state index in [1.807, 2.05) is 6.92 Å². The van der Waals surface area contributed by atoms with E-state index in [9.17, 15) is 9.90 Å². The SMILES string of the molecule is CCC(=O)c1ccc(OC[C@H](O)CN2CCC(C)CC2)cc1. The molecule has 1 N–H and O–H groups in total. The van der Waals surface area contributed by atoms with Crippen molar-refractivity contribution in [3.63, 3.8) is 0 Å². The van der Waals surface area contributed by atoms with Crippen molar-refractivity contribution in [1.29, 1.82) is 0 Å². The maximum Gasteiger partial charge on any atom is 0.162 e. The molecule has 1 fully saturated rings. The van der Waals surface area contributed by atoms with Crippen LogP contribution >= 0.6 is 0 Å². The lowest BCUT2D eigenvalue weighted by molar-refractivity contribution is 0.0563. The summed E-state index contributed by atoms with van der Waals surface area (Å²) in [7, 11) is 0. The van der Waals surface area contributed by atoms with Gasteiger partial charge in [-0.1, -0.05) is 13.8 Å². The van der Waals surface area contributed by atoms with Gasteiger partial charge in [-0.15, -0.1) is 0 Å². The summed E-state index contributed by atoms with van der Waals surface area (Å²) in [4.78, 5) is 13.9. The molecule has 0 amide bonds. The Labute approximate surface area is 133 Å². The quantitative estimate of drug-likeness (QED) is 0.787. The molecule has 1 atom stereocenters. The zero-order valence-electron chi connectivity index (χ0n) is 13.6. The fourth-order valence-electron chi connectivity index (χ4n) is 2.73. The van der Waals surface area contributed by atoms with Crippen LogP contribution in [0.25, 0.3) is 0 Å². The number of ketones is 1. The van der Waals surface area contributed by atoms with E-state index in [1.165, 1.54) is 12.8 Å². The monoisotopic (exact) mass is 305 g/mol. The largest absolute Gasteiger partial charge is 0.491 e. The molecule has 0 bridgehead atoms. The van der Waals surface area contributed by atoms with E-state index in [4.69, 9.17) is 4.74 Å². The number of aliphatic hydroxyl groups is 1. The third-order valence-electron chi connectivity index (χ3n) is 4.28. The van der Waals surface area contributed by atoms with Crippen molar-refractivity contribution in [1.82, 2.24) is 4.90 Å². The van der Waals surface area contributed by atoms with Gasteiger partial charge in [-0.25, -0.2) is 0 Å². The molecule has 122 valence electrons. The molecule has 0 spiro atoms. The number of benzene rings is 1. The van der Waals surface area contributed by atoms with Crippen LogP contribution in [0.2, 0.25) is 0 Å². The van der Waals surface area contributed by atoms with Gasteiger partial charge in [0, 0.05) is 18.5 Å². The molecule has 1 aliphatic rings. The second-order valence-corrected chi connectivity index (χ2v) is 6.25. The molecule has 2 rings (SSSR count). The third-order valence-corrected chi connectivity index (χ3v) is 4.28. The lowest BCUT2D eigenvalue weighted by Gasteiger charge is -2.31. The average Bonchev–Trinajstić information content (AvgIpc) is 2.55. The van der Waals surface area contributed by atoms with Crippen molar-refractivity contribution in [2.45, 2.75) is 39.2 Å². The summed E-state index contributed by atoms with van der Waals surface area (Å²) < 4.78 is 5.61. The van der Waals surface area contributed by atoms with Crippen molar-refractivity contribution in [3.8, 4) is 5.75 Å². The highest BCUT2D eigenvalue weighted by Gasteiger charge is 2.18. The number of Topliss-reactive ketones (excluding diaryl/α,β-unsaturated/α-hetero) is 1.